The fraction of sp³-hybridized carbons (Fsp3) is 0.120. The molecule has 0 spiro atoms. The SMILES string of the molecule is COc1ccc(-c2nc3ccccc3c(C(=O)Nc3ccc(OC)cc3[N+](=O)[O-])c2C)cc1. The van der Waals surface area contributed by atoms with Gasteiger partial charge in [-0.3, -0.25) is 14.9 Å². The molecule has 0 saturated heterocycles. The van der Waals surface area contributed by atoms with Crippen molar-refractivity contribution in [3.05, 3.63) is 88.0 Å². The minimum atomic E-state index is -0.557. The largest absolute Gasteiger partial charge is 0.497 e. The van der Waals surface area contributed by atoms with Crippen LogP contribution in [0.5, 0.6) is 11.5 Å². The molecule has 0 radical (unpaired) electrons. The summed E-state index contributed by atoms with van der Waals surface area (Å²) in [4.78, 5) is 29.2. The number of carbonyl (C=O) groups is 1. The molecule has 1 aromatic heterocycles. The lowest BCUT2D eigenvalue weighted by atomic mass is 9.97. The van der Waals surface area contributed by atoms with E-state index in [9.17, 15) is 14.9 Å². The fourth-order valence-electron chi connectivity index (χ4n) is 3.71. The van der Waals surface area contributed by atoms with Gasteiger partial charge in [0.25, 0.3) is 11.6 Å². The van der Waals surface area contributed by atoms with E-state index in [-0.39, 0.29) is 11.4 Å². The van der Waals surface area contributed by atoms with Gasteiger partial charge in [0.05, 0.1) is 42.0 Å². The molecular formula is C25H21N3O5. The van der Waals surface area contributed by atoms with E-state index in [0.717, 1.165) is 5.56 Å². The Bertz CT molecular complexity index is 1370. The molecule has 0 aliphatic carbocycles. The quantitative estimate of drug-likeness (QED) is 0.317. The minimum absolute atomic E-state index is 0.0806. The summed E-state index contributed by atoms with van der Waals surface area (Å²) in [6, 6.07) is 19.0. The number of benzene rings is 3. The third kappa shape index (κ3) is 4.18. The van der Waals surface area contributed by atoms with Crippen LogP contribution in [0.3, 0.4) is 0 Å². The second kappa shape index (κ2) is 8.96. The zero-order valence-corrected chi connectivity index (χ0v) is 18.3. The maximum atomic E-state index is 13.4. The molecule has 33 heavy (non-hydrogen) atoms. The highest BCUT2D eigenvalue weighted by Gasteiger charge is 2.22. The highest BCUT2D eigenvalue weighted by atomic mass is 16.6. The first-order chi connectivity index (χ1) is 15.9. The number of anilines is 1. The van der Waals surface area contributed by atoms with Crippen LogP contribution in [-0.2, 0) is 0 Å². The summed E-state index contributed by atoms with van der Waals surface area (Å²) in [5.41, 5.74) is 2.99. The summed E-state index contributed by atoms with van der Waals surface area (Å²) in [7, 11) is 3.01. The summed E-state index contributed by atoms with van der Waals surface area (Å²) in [5, 5.41) is 14.9. The summed E-state index contributed by atoms with van der Waals surface area (Å²) in [6.45, 7) is 1.82. The molecule has 0 bridgehead atoms. The molecule has 4 rings (SSSR count). The number of hydrogen-bond acceptors (Lipinski definition) is 6. The molecule has 0 saturated carbocycles. The Morgan fingerprint density at radius 2 is 1.64 bits per heavy atom. The van der Waals surface area contributed by atoms with E-state index < -0.39 is 10.8 Å². The predicted molar refractivity (Wildman–Crippen MR) is 126 cm³/mol. The van der Waals surface area contributed by atoms with Crippen LogP contribution < -0.4 is 14.8 Å². The van der Waals surface area contributed by atoms with Gasteiger partial charge in [0, 0.05) is 10.9 Å². The Morgan fingerprint density at radius 3 is 2.30 bits per heavy atom. The van der Waals surface area contributed by atoms with Crippen LogP contribution in [0.2, 0.25) is 0 Å². The van der Waals surface area contributed by atoms with Crippen LogP contribution in [0.15, 0.2) is 66.7 Å². The number of nitrogens with one attached hydrogen (secondary N) is 1. The number of fused-ring (bicyclic) bond motifs is 1. The van der Waals surface area contributed by atoms with Crippen LogP contribution in [-0.4, -0.2) is 30.0 Å². The molecule has 0 aliphatic heterocycles. The molecule has 166 valence electrons. The van der Waals surface area contributed by atoms with Crippen LogP contribution >= 0.6 is 0 Å². The number of ether oxygens (including phenoxy) is 2. The van der Waals surface area contributed by atoms with E-state index in [1.807, 2.05) is 55.5 Å². The molecule has 0 fully saturated rings. The second-order valence-electron chi connectivity index (χ2n) is 7.30. The van der Waals surface area contributed by atoms with Gasteiger partial charge in [0.15, 0.2) is 0 Å². The molecule has 1 heterocycles. The average Bonchev–Trinajstić information content (AvgIpc) is 2.83. The van der Waals surface area contributed by atoms with E-state index in [1.54, 1.807) is 13.2 Å². The topological polar surface area (TPSA) is 104 Å². The van der Waals surface area contributed by atoms with Gasteiger partial charge in [-0.1, -0.05) is 18.2 Å². The van der Waals surface area contributed by atoms with Crippen molar-refractivity contribution in [3.8, 4) is 22.8 Å². The molecular weight excluding hydrogens is 422 g/mol. The highest BCUT2D eigenvalue weighted by molar-refractivity contribution is 6.15. The monoisotopic (exact) mass is 443 g/mol. The molecule has 0 aliphatic rings. The van der Waals surface area contributed by atoms with Crippen molar-refractivity contribution >= 4 is 28.2 Å². The van der Waals surface area contributed by atoms with Gasteiger partial charge in [-0.05, 0) is 55.0 Å². The van der Waals surface area contributed by atoms with Crippen molar-refractivity contribution in [2.75, 3.05) is 19.5 Å². The van der Waals surface area contributed by atoms with Crippen LogP contribution in [0.4, 0.5) is 11.4 Å². The molecule has 1 N–H and O–H groups in total. The van der Waals surface area contributed by atoms with Crippen molar-refractivity contribution in [1.29, 1.82) is 0 Å². The molecule has 8 nitrogen and oxygen atoms in total. The van der Waals surface area contributed by atoms with Gasteiger partial charge < -0.3 is 14.8 Å². The number of pyridine rings is 1. The first kappa shape index (κ1) is 21.8. The van der Waals surface area contributed by atoms with Crippen LogP contribution in [0.25, 0.3) is 22.2 Å². The number of methoxy groups -OCH3 is 2. The summed E-state index contributed by atoms with van der Waals surface area (Å²) < 4.78 is 10.3. The van der Waals surface area contributed by atoms with Gasteiger partial charge in [-0.2, -0.15) is 0 Å². The number of para-hydroxylation sites is 1. The lowest BCUT2D eigenvalue weighted by molar-refractivity contribution is -0.384. The Labute approximate surface area is 189 Å². The second-order valence-corrected chi connectivity index (χ2v) is 7.30. The van der Waals surface area contributed by atoms with Gasteiger partial charge >= 0.3 is 0 Å². The van der Waals surface area contributed by atoms with E-state index in [0.29, 0.717) is 39.2 Å². The molecule has 0 unspecified atom stereocenters. The Kier molecular flexibility index (Phi) is 5.91. The molecule has 1 amide bonds. The van der Waals surface area contributed by atoms with Gasteiger partial charge in [0.1, 0.15) is 17.2 Å². The van der Waals surface area contributed by atoms with E-state index >= 15 is 0 Å². The van der Waals surface area contributed by atoms with Crippen molar-refractivity contribution in [1.82, 2.24) is 4.98 Å². The highest BCUT2D eigenvalue weighted by Crippen LogP contribution is 2.33. The lowest BCUT2D eigenvalue weighted by Crippen LogP contribution is -2.16. The Morgan fingerprint density at radius 1 is 0.970 bits per heavy atom. The third-order valence-corrected chi connectivity index (χ3v) is 5.38. The molecule has 8 heteroatoms. The number of rotatable bonds is 6. The maximum absolute atomic E-state index is 13.4. The summed E-state index contributed by atoms with van der Waals surface area (Å²) >= 11 is 0. The normalized spacial score (nSPS) is 10.6. The molecule has 3 aromatic carbocycles. The minimum Gasteiger partial charge on any atom is -0.497 e. The zero-order chi connectivity index (χ0) is 23.5. The number of nitro groups is 1. The van der Waals surface area contributed by atoms with Gasteiger partial charge in [-0.25, -0.2) is 4.98 Å². The zero-order valence-electron chi connectivity index (χ0n) is 18.3. The van der Waals surface area contributed by atoms with Gasteiger partial charge in [0.2, 0.25) is 0 Å². The molecule has 4 aromatic rings. The van der Waals surface area contributed by atoms with Crippen molar-refractivity contribution in [3.63, 3.8) is 0 Å². The maximum Gasteiger partial charge on any atom is 0.296 e. The van der Waals surface area contributed by atoms with E-state index in [2.05, 4.69) is 5.32 Å². The average molecular weight is 443 g/mol. The standard InChI is InChI=1S/C25H21N3O5/c1-15-23(25(29)27-21-13-12-18(33-3)14-22(21)28(30)31)19-6-4-5-7-20(19)26-24(15)16-8-10-17(32-2)11-9-16/h4-14H,1-3H3,(H,27,29). The van der Waals surface area contributed by atoms with Crippen molar-refractivity contribution in [2.45, 2.75) is 6.92 Å². The number of nitrogens with zero attached hydrogens (tertiary/aromatic N) is 2. The Balaban J connectivity index is 1.84. The van der Waals surface area contributed by atoms with Crippen LogP contribution in [0, 0.1) is 17.0 Å². The van der Waals surface area contributed by atoms with Gasteiger partial charge in [-0.15, -0.1) is 0 Å². The number of hydrogen-bond donors (Lipinski definition) is 1. The summed E-state index contributed by atoms with van der Waals surface area (Å²) in [5.74, 6) is 0.572. The first-order valence-electron chi connectivity index (χ1n) is 10.1. The number of nitro benzene ring substituents is 1. The first-order valence-corrected chi connectivity index (χ1v) is 10.1. The fourth-order valence-corrected chi connectivity index (χ4v) is 3.71. The van der Waals surface area contributed by atoms with Crippen molar-refractivity contribution < 1.29 is 19.2 Å². The Hall–Kier alpha value is -4.46. The smallest absolute Gasteiger partial charge is 0.296 e. The number of aromatic nitrogens is 1. The van der Waals surface area contributed by atoms with E-state index in [4.69, 9.17) is 14.5 Å². The third-order valence-electron chi connectivity index (χ3n) is 5.38. The summed E-state index contributed by atoms with van der Waals surface area (Å²) in [6.07, 6.45) is 0. The molecule has 0 atom stereocenters. The number of carbonyl (C=O) groups excluding carboxylic acids is 1. The number of amides is 1. The van der Waals surface area contributed by atoms with Crippen LogP contribution in [0.1, 0.15) is 15.9 Å². The van der Waals surface area contributed by atoms with Crippen molar-refractivity contribution in [2.24, 2.45) is 0 Å². The lowest BCUT2D eigenvalue weighted by Gasteiger charge is -2.15. The van der Waals surface area contributed by atoms with E-state index in [1.165, 1.54) is 19.2 Å². The predicted octanol–water partition coefficient (Wildman–Crippen LogP) is 5.39.